The summed E-state index contributed by atoms with van der Waals surface area (Å²) < 4.78 is 0. The second kappa shape index (κ2) is 4.48. The Morgan fingerprint density at radius 1 is 1.39 bits per heavy atom. The molecule has 2 saturated carbocycles. The Morgan fingerprint density at radius 2 is 2.00 bits per heavy atom. The number of hydrogen-bond donors (Lipinski definition) is 3. The van der Waals surface area contributed by atoms with Gasteiger partial charge in [-0.1, -0.05) is 20.1 Å². The molecule has 0 aromatic heterocycles. The van der Waals surface area contributed by atoms with Crippen LogP contribution in [0, 0.1) is 11.3 Å². The summed E-state index contributed by atoms with van der Waals surface area (Å²) >= 11 is 0. The smallest absolute Gasteiger partial charge is 0.0937 e. The van der Waals surface area contributed by atoms with Crippen molar-refractivity contribution in [2.45, 2.75) is 50.7 Å². The molecule has 0 amide bonds. The van der Waals surface area contributed by atoms with Gasteiger partial charge in [-0.2, -0.15) is 0 Å². The van der Waals surface area contributed by atoms with Gasteiger partial charge in [0.1, 0.15) is 0 Å². The Morgan fingerprint density at radius 3 is 2.61 bits per heavy atom. The van der Waals surface area contributed by atoms with Crippen LogP contribution in [-0.2, 0) is 0 Å². The molecule has 0 aromatic carbocycles. The van der Waals surface area contributed by atoms with E-state index in [0.717, 1.165) is 24.8 Å². The van der Waals surface area contributed by atoms with Gasteiger partial charge in [-0.15, -0.1) is 0 Å². The van der Waals surface area contributed by atoms with Crippen LogP contribution in [0.25, 0.3) is 0 Å². The predicted octanol–water partition coefficient (Wildman–Crippen LogP) is 1.78. The highest BCUT2D eigenvalue weighted by atomic mass is 16.3. The summed E-state index contributed by atoms with van der Waals surface area (Å²) in [5, 5.41) is 30.2. The van der Waals surface area contributed by atoms with Crippen LogP contribution >= 0.6 is 0 Å². The lowest BCUT2D eigenvalue weighted by atomic mass is 9.53. The highest BCUT2D eigenvalue weighted by Crippen LogP contribution is 2.56. The van der Waals surface area contributed by atoms with Crippen LogP contribution in [0.5, 0.6) is 0 Å². The zero-order chi connectivity index (χ0) is 13.6. The van der Waals surface area contributed by atoms with Crippen molar-refractivity contribution in [3.05, 3.63) is 24.3 Å². The van der Waals surface area contributed by atoms with Crippen molar-refractivity contribution in [2.24, 2.45) is 11.3 Å². The van der Waals surface area contributed by atoms with E-state index in [1.807, 2.05) is 0 Å². The van der Waals surface area contributed by atoms with Crippen LogP contribution in [0.3, 0.4) is 0 Å². The molecule has 4 atom stereocenters. The first-order chi connectivity index (χ1) is 8.34. The lowest BCUT2D eigenvalue weighted by Gasteiger charge is -2.56. The van der Waals surface area contributed by atoms with Crippen molar-refractivity contribution in [2.75, 3.05) is 6.61 Å². The van der Waals surface area contributed by atoms with Gasteiger partial charge >= 0.3 is 0 Å². The monoisotopic (exact) mass is 252 g/mol. The molecule has 0 aliphatic heterocycles. The molecule has 0 aromatic rings. The summed E-state index contributed by atoms with van der Waals surface area (Å²) in [6.07, 6.45) is 3.26. The molecule has 3 nitrogen and oxygen atoms in total. The Labute approximate surface area is 109 Å². The van der Waals surface area contributed by atoms with Crippen LogP contribution in [0.15, 0.2) is 24.3 Å². The number of aliphatic hydroxyl groups excluding tert-OH is 2. The molecule has 0 spiro atoms. The molecule has 2 rings (SSSR count). The zero-order valence-corrected chi connectivity index (χ0v) is 11.2. The molecule has 18 heavy (non-hydrogen) atoms. The van der Waals surface area contributed by atoms with Crippen molar-refractivity contribution in [3.8, 4) is 0 Å². The van der Waals surface area contributed by atoms with Crippen LogP contribution in [0.4, 0.5) is 0 Å². The summed E-state index contributed by atoms with van der Waals surface area (Å²) in [5.74, 6) is 0.120. The Bertz CT molecular complexity index is 376. The third kappa shape index (κ3) is 1.85. The summed E-state index contributed by atoms with van der Waals surface area (Å²) in [6.45, 7) is 9.85. The first kappa shape index (κ1) is 13.8. The van der Waals surface area contributed by atoms with Gasteiger partial charge in [-0.25, -0.2) is 0 Å². The van der Waals surface area contributed by atoms with E-state index in [2.05, 4.69) is 20.1 Å². The van der Waals surface area contributed by atoms with Gasteiger partial charge < -0.3 is 15.3 Å². The molecule has 3 heteroatoms. The van der Waals surface area contributed by atoms with Crippen LogP contribution in [-0.4, -0.2) is 33.6 Å². The lowest BCUT2D eigenvalue weighted by Crippen LogP contribution is -2.57. The molecule has 0 heterocycles. The quantitative estimate of drug-likeness (QED) is 0.657. The van der Waals surface area contributed by atoms with E-state index in [9.17, 15) is 15.3 Å². The van der Waals surface area contributed by atoms with Crippen LogP contribution in [0.2, 0.25) is 0 Å². The molecule has 102 valence electrons. The lowest BCUT2D eigenvalue weighted by molar-refractivity contribution is -0.125. The fraction of sp³-hybridized carbons (Fsp3) is 0.733. The SMILES string of the molecule is C=C(CO)[C@@H]1CC[C@@]2(C)CC[C@@H](O)C(=C)[C@@]2(O)C1. The molecular formula is C15H24O3. The average molecular weight is 252 g/mol. The summed E-state index contributed by atoms with van der Waals surface area (Å²) in [4.78, 5) is 0. The number of fused-ring (bicyclic) bond motifs is 1. The average Bonchev–Trinajstić information content (AvgIpc) is 2.36. The van der Waals surface area contributed by atoms with E-state index >= 15 is 0 Å². The Hall–Kier alpha value is -0.640. The maximum Gasteiger partial charge on any atom is 0.0937 e. The van der Waals surface area contributed by atoms with Crippen molar-refractivity contribution >= 4 is 0 Å². The molecule has 2 aliphatic rings. The van der Waals surface area contributed by atoms with E-state index in [1.165, 1.54) is 0 Å². The summed E-state index contributed by atoms with van der Waals surface area (Å²) in [5.41, 5.74) is 0.103. The third-order valence-electron chi connectivity index (χ3n) is 5.27. The van der Waals surface area contributed by atoms with Gasteiger partial charge in [-0.3, -0.25) is 0 Å². The number of hydrogen-bond acceptors (Lipinski definition) is 3. The van der Waals surface area contributed by atoms with Gasteiger partial charge in [0, 0.05) is 5.41 Å². The molecular weight excluding hydrogens is 228 g/mol. The van der Waals surface area contributed by atoms with Gasteiger partial charge in [0.15, 0.2) is 0 Å². The van der Waals surface area contributed by atoms with E-state index in [4.69, 9.17) is 0 Å². The van der Waals surface area contributed by atoms with Crippen LogP contribution in [0.1, 0.15) is 39.0 Å². The predicted molar refractivity (Wildman–Crippen MR) is 71.0 cm³/mol. The number of aliphatic hydroxyl groups is 3. The zero-order valence-electron chi connectivity index (χ0n) is 11.2. The minimum Gasteiger partial charge on any atom is -0.392 e. The topological polar surface area (TPSA) is 60.7 Å². The molecule has 0 bridgehead atoms. The van der Waals surface area contributed by atoms with Gasteiger partial charge in [-0.05, 0) is 49.2 Å². The maximum atomic E-state index is 11.0. The van der Waals surface area contributed by atoms with Gasteiger partial charge in [0.05, 0.1) is 18.3 Å². The highest BCUT2D eigenvalue weighted by Gasteiger charge is 2.56. The van der Waals surface area contributed by atoms with E-state index in [-0.39, 0.29) is 17.9 Å². The van der Waals surface area contributed by atoms with Crippen molar-refractivity contribution in [1.29, 1.82) is 0 Å². The second-order valence-corrected chi connectivity index (χ2v) is 6.26. The minimum atomic E-state index is -1.02. The molecule has 0 saturated heterocycles. The third-order valence-corrected chi connectivity index (χ3v) is 5.27. The van der Waals surface area contributed by atoms with Gasteiger partial charge in [0.25, 0.3) is 0 Å². The first-order valence-electron chi connectivity index (χ1n) is 6.72. The minimum absolute atomic E-state index is 0.0352. The molecule has 2 aliphatic carbocycles. The Balaban J connectivity index is 2.29. The normalized spacial score (nSPS) is 44.6. The maximum absolute atomic E-state index is 11.0. The van der Waals surface area contributed by atoms with Crippen LogP contribution < -0.4 is 0 Å². The van der Waals surface area contributed by atoms with E-state index in [0.29, 0.717) is 18.4 Å². The summed E-state index contributed by atoms with van der Waals surface area (Å²) in [6, 6.07) is 0. The van der Waals surface area contributed by atoms with E-state index < -0.39 is 11.7 Å². The molecule has 3 N–H and O–H groups in total. The summed E-state index contributed by atoms with van der Waals surface area (Å²) in [7, 11) is 0. The fourth-order valence-electron chi connectivity index (χ4n) is 3.64. The second-order valence-electron chi connectivity index (χ2n) is 6.26. The molecule has 0 unspecified atom stereocenters. The van der Waals surface area contributed by atoms with Crippen molar-refractivity contribution in [1.82, 2.24) is 0 Å². The van der Waals surface area contributed by atoms with E-state index in [1.54, 1.807) is 0 Å². The van der Waals surface area contributed by atoms with Crippen molar-refractivity contribution < 1.29 is 15.3 Å². The Kier molecular flexibility index (Phi) is 3.43. The molecule has 2 fully saturated rings. The van der Waals surface area contributed by atoms with Gasteiger partial charge in [0.2, 0.25) is 0 Å². The molecule has 0 radical (unpaired) electrons. The number of rotatable bonds is 2. The fourth-order valence-corrected chi connectivity index (χ4v) is 3.64. The first-order valence-corrected chi connectivity index (χ1v) is 6.72. The highest BCUT2D eigenvalue weighted by molar-refractivity contribution is 5.28. The van der Waals surface area contributed by atoms with Crippen molar-refractivity contribution in [3.63, 3.8) is 0 Å². The largest absolute Gasteiger partial charge is 0.392 e. The standard InChI is InChI=1S/C15H24O3/c1-10(9-16)12-4-6-14(3)7-5-13(17)11(2)15(14,18)8-12/h12-13,16-18H,1-2,4-9H2,3H3/t12-,13-,14+,15+/m1/s1.